The van der Waals surface area contributed by atoms with Gasteiger partial charge < -0.3 is 25.4 Å². The summed E-state index contributed by atoms with van der Waals surface area (Å²) in [5, 5.41) is 3.20. The number of nitrogen functional groups attached to an aromatic ring is 1. The third-order valence-corrected chi connectivity index (χ3v) is 2.50. The lowest BCUT2D eigenvalue weighted by Crippen LogP contribution is -2.17. The Morgan fingerprint density at radius 2 is 2.00 bits per heavy atom. The summed E-state index contributed by atoms with van der Waals surface area (Å²) in [6.07, 6.45) is 0.998. The van der Waals surface area contributed by atoms with Gasteiger partial charge in [0.1, 0.15) is 12.3 Å². The summed E-state index contributed by atoms with van der Waals surface area (Å²) in [5.41, 5.74) is 6.36. The summed E-state index contributed by atoms with van der Waals surface area (Å²) in [6.45, 7) is 2.11. The van der Waals surface area contributed by atoms with Gasteiger partial charge in [0.2, 0.25) is 5.88 Å². The van der Waals surface area contributed by atoms with Crippen molar-refractivity contribution in [2.45, 2.75) is 13.0 Å². The predicted octanol–water partition coefficient (Wildman–Crippen LogP) is 0.577. The molecule has 0 bridgehead atoms. The minimum Gasteiger partial charge on any atom is -0.479 e. The zero-order chi connectivity index (χ0) is 14.3. The Morgan fingerprint density at radius 3 is 2.58 bits per heavy atom. The number of methoxy groups -OCH3 is 2. The van der Waals surface area contributed by atoms with Crippen molar-refractivity contribution in [3.63, 3.8) is 0 Å². The van der Waals surface area contributed by atoms with E-state index in [0.29, 0.717) is 29.8 Å². The topological polar surface area (TPSA) is 85.5 Å². The molecule has 1 aromatic heterocycles. The van der Waals surface area contributed by atoms with Gasteiger partial charge in [-0.15, -0.1) is 0 Å². The standard InChI is InChI=1S/C12H23N5O2/c1-17(2)7-5-6-14-11-10(13)12(19-4)16-9(15-11)8-18-3/h5-8,13H2,1-4H3,(H,14,15,16). The van der Waals surface area contributed by atoms with Crippen molar-refractivity contribution in [3.05, 3.63) is 5.82 Å². The van der Waals surface area contributed by atoms with E-state index in [9.17, 15) is 0 Å². The highest BCUT2D eigenvalue weighted by atomic mass is 16.5. The highest BCUT2D eigenvalue weighted by Crippen LogP contribution is 2.25. The lowest BCUT2D eigenvalue weighted by atomic mass is 10.3. The Bertz CT molecular complexity index is 398. The first kappa shape index (κ1) is 15.5. The van der Waals surface area contributed by atoms with Gasteiger partial charge in [0.05, 0.1) is 7.11 Å². The van der Waals surface area contributed by atoms with E-state index in [-0.39, 0.29) is 0 Å². The molecular formula is C12H23N5O2. The number of rotatable bonds is 8. The van der Waals surface area contributed by atoms with Gasteiger partial charge in [-0.05, 0) is 27.1 Å². The molecule has 0 amide bonds. The van der Waals surface area contributed by atoms with Crippen LogP contribution in [0.25, 0.3) is 0 Å². The molecule has 0 fully saturated rings. The molecule has 0 saturated carbocycles. The average Bonchev–Trinajstić information content (AvgIpc) is 2.37. The number of nitrogens with one attached hydrogen (secondary N) is 1. The van der Waals surface area contributed by atoms with Gasteiger partial charge in [-0.2, -0.15) is 4.98 Å². The highest BCUT2D eigenvalue weighted by molar-refractivity contribution is 5.66. The van der Waals surface area contributed by atoms with Crippen molar-refractivity contribution < 1.29 is 9.47 Å². The zero-order valence-corrected chi connectivity index (χ0v) is 12.1. The van der Waals surface area contributed by atoms with E-state index < -0.39 is 0 Å². The lowest BCUT2D eigenvalue weighted by molar-refractivity contribution is 0.177. The van der Waals surface area contributed by atoms with Crippen molar-refractivity contribution in [1.82, 2.24) is 14.9 Å². The SMILES string of the molecule is COCc1nc(NCCCN(C)C)c(N)c(OC)n1. The predicted molar refractivity (Wildman–Crippen MR) is 75.4 cm³/mol. The van der Waals surface area contributed by atoms with Crippen LogP contribution in [-0.4, -0.2) is 56.3 Å². The number of hydrogen-bond acceptors (Lipinski definition) is 7. The van der Waals surface area contributed by atoms with Crippen LogP contribution in [0.3, 0.4) is 0 Å². The van der Waals surface area contributed by atoms with Crippen LogP contribution in [0.1, 0.15) is 12.2 Å². The van der Waals surface area contributed by atoms with Crippen LogP contribution < -0.4 is 15.8 Å². The van der Waals surface area contributed by atoms with Crippen LogP contribution in [0.15, 0.2) is 0 Å². The maximum absolute atomic E-state index is 5.94. The molecule has 0 aromatic carbocycles. The number of hydrogen-bond donors (Lipinski definition) is 2. The Morgan fingerprint density at radius 1 is 1.26 bits per heavy atom. The van der Waals surface area contributed by atoms with E-state index in [1.807, 2.05) is 14.1 Å². The minimum atomic E-state index is 0.322. The first-order valence-corrected chi connectivity index (χ1v) is 6.16. The quantitative estimate of drug-likeness (QED) is 0.667. The van der Waals surface area contributed by atoms with Gasteiger partial charge >= 0.3 is 0 Å². The van der Waals surface area contributed by atoms with Gasteiger partial charge in [0.25, 0.3) is 0 Å². The van der Waals surface area contributed by atoms with E-state index >= 15 is 0 Å². The van der Waals surface area contributed by atoms with E-state index in [1.54, 1.807) is 7.11 Å². The molecule has 1 rings (SSSR count). The molecule has 7 nitrogen and oxygen atoms in total. The van der Waals surface area contributed by atoms with Gasteiger partial charge in [0.15, 0.2) is 11.6 Å². The van der Waals surface area contributed by atoms with E-state index in [2.05, 4.69) is 20.2 Å². The molecule has 0 spiro atoms. The van der Waals surface area contributed by atoms with Crippen molar-refractivity contribution in [2.24, 2.45) is 0 Å². The Kier molecular flexibility index (Phi) is 6.31. The zero-order valence-electron chi connectivity index (χ0n) is 12.1. The smallest absolute Gasteiger partial charge is 0.242 e. The highest BCUT2D eigenvalue weighted by Gasteiger charge is 2.11. The number of nitrogens with two attached hydrogens (primary N) is 1. The molecule has 7 heteroatoms. The van der Waals surface area contributed by atoms with Crippen molar-refractivity contribution in [2.75, 3.05) is 52.5 Å². The summed E-state index contributed by atoms with van der Waals surface area (Å²) >= 11 is 0. The second-order valence-corrected chi connectivity index (χ2v) is 4.43. The largest absolute Gasteiger partial charge is 0.479 e. The minimum absolute atomic E-state index is 0.322. The van der Waals surface area contributed by atoms with Crippen molar-refractivity contribution in [1.29, 1.82) is 0 Å². The summed E-state index contributed by atoms with van der Waals surface area (Å²) in [7, 11) is 7.21. The second-order valence-electron chi connectivity index (χ2n) is 4.43. The maximum atomic E-state index is 5.94. The molecule has 0 aliphatic rings. The molecule has 0 unspecified atom stereocenters. The monoisotopic (exact) mass is 269 g/mol. The fourth-order valence-electron chi connectivity index (χ4n) is 1.58. The van der Waals surface area contributed by atoms with Crippen LogP contribution in [-0.2, 0) is 11.3 Å². The molecule has 0 aliphatic heterocycles. The summed E-state index contributed by atoms with van der Waals surface area (Å²) in [4.78, 5) is 10.6. The van der Waals surface area contributed by atoms with Crippen molar-refractivity contribution in [3.8, 4) is 5.88 Å². The summed E-state index contributed by atoms with van der Waals surface area (Å²) < 4.78 is 10.2. The third-order valence-electron chi connectivity index (χ3n) is 2.50. The molecule has 0 atom stereocenters. The fraction of sp³-hybridized carbons (Fsp3) is 0.667. The van der Waals surface area contributed by atoms with Crippen LogP contribution in [0.5, 0.6) is 5.88 Å². The summed E-state index contributed by atoms with van der Waals surface area (Å²) in [6, 6.07) is 0. The number of aromatic nitrogens is 2. The van der Waals surface area contributed by atoms with E-state index in [0.717, 1.165) is 19.5 Å². The van der Waals surface area contributed by atoms with Crippen LogP contribution in [0.2, 0.25) is 0 Å². The fourth-order valence-corrected chi connectivity index (χ4v) is 1.58. The molecule has 108 valence electrons. The van der Waals surface area contributed by atoms with Gasteiger partial charge in [-0.3, -0.25) is 0 Å². The third kappa shape index (κ3) is 4.88. The van der Waals surface area contributed by atoms with Crippen LogP contribution in [0, 0.1) is 0 Å². The first-order chi connectivity index (χ1) is 9.08. The summed E-state index contributed by atoms with van der Waals surface area (Å²) in [5.74, 6) is 1.51. The maximum Gasteiger partial charge on any atom is 0.242 e. The normalized spacial score (nSPS) is 10.8. The average molecular weight is 269 g/mol. The van der Waals surface area contributed by atoms with Gasteiger partial charge in [-0.1, -0.05) is 0 Å². The molecule has 0 aliphatic carbocycles. The molecule has 0 radical (unpaired) electrons. The number of ether oxygens (including phenoxy) is 2. The van der Waals surface area contributed by atoms with Gasteiger partial charge in [0, 0.05) is 13.7 Å². The molecule has 1 aromatic rings. The Balaban J connectivity index is 2.71. The Hall–Kier alpha value is -1.60. The van der Waals surface area contributed by atoms with Crippen LogP contribution in [0.4, 0.5) is 11.5 Å². The van der Waals surface area contributed by atoms with Gasteiger partial charge in [-0.25, -0.2) is 4.98 Å². The lowest BCUT2D eigenvalue weighted by Gasteiger charge is -2.13. The molecule has 1 heterocycles. The van der Waals surface area contributed by atoms with E-state index in [4.69, 9.17) is 15.2 Å². The molecule has 19 heavy (non-hydrogen) atoms. The molecule has 3 N–H and O–H groups in total. The molecular weight excluding hydrogens is 246 g/mol. The second kappa shape index (κ2) is 7.75. The first-order valence-electron chi connectivity index (χ1n) is 6.16. The van der Waals surface area contributed by atoms with Crippen molar-refractivity contribution >= 4 is 11.5 Å². The van der Waals surface area contributed by atoms with Crippen LogP contribution >= 0.6 is 0 Å². The molecule has 0 saturated heterocycles. The number of anilines is 2. The number of nitrogens with zero attached hydrogens (tertiary/aromatic N) is 3. The van der Waals surface area contributed by atoms with E-state index in [1.165, 1.54) is 7.11 Å². The Labute approximate surface area is 114 Å².